The lowest BCUT2D eigenvalue weighted by molar-refractivity contribution is -0.138. The fourth-order valence-corrected chi connectivity index (χ4v) is 0.800. The van der Waals surface area contributed by atoms with Crippen LogP contribution in [0.1, 0.15) is 0 Å². The molecule has 0 aliphatic carbocycles. The summed E-state index contributed by atoms with van der Waals surface area (Å²) in [5.74, 6) is -4.20. The van der Waals surface area contributed by atoms with Crippen LogP contribution in [0.4, 0.5) is 17.6 Å². The lowest BCUT2D eigenvalue weighted by Gasteiger charge is -2.15. The summed E-state index contributed by atoms with van der Waals surface area (Å²) in [6.07, 6.45) is -1.01. The van der Waals surface area contributed by atoms with Gasteiger partial charge < -0.3 is 4.57 Å². The van der Waals surface area contributed by atoms with E-state index >= 15 is 0 Å². The standard InChI is InChI=1S/C7H6F4N2O/c8-6(9)7(10,11)4-13-2-1-12-3-5(13)14/h1-3,6H,4H2. The summed E-state index contributed by atoms with van der Waals surface area (Å²) in [5, 5.41) is 0. The van der Waals surface area contributed by atoms with Gasteiger partial charge in [0.05, 0.1) is 12.7 Å². The van der Waals surface area contributed by atoms with E-state index in [0.717, 1.165) is 18.6 Å². The molecule has 1 aromatic heterocycles. The van der Waals surface area contributed by atoms with Crippen LogP contribution >= 0.6 is 0 Å². The van der Waals surface area contributed by atoms with E-state index in [-0.39, 0.29) is 0 Å². The van der Waals surface area contributed by atoms with Crippen LogP contribution in [0.15, 0.2) is 23.4 Å². The van der Waals surface area contributed by atoms with Crippen molar-refractivity contribution in [1.82, 2.24) is 9.55 Å². The predicted octanol–water partition coefficient (Wildman–Crippen LogP) is 1.14. The summed E-state index contributed by atoms with van der Waals surface area (Å²) in [5.41, 5.74) is -0.840. The predicted molar refractivity (Wildman–Crippen MR) is 39.4 cm³/mol. The average molecular weight is 210 g/mol. The molecule has 0 fully saturated rings. The Morgan fingerprint density at radius 2 is 2.14 bits per heavy atom. The van der Waals surface area contributed by atoms with Gasteiger partial charge in [0.1, 0.15) is 0 Å². The summed E-state index contributed by atoms with van der Waals surface area (Å²) in [7, 11) is 0. The molecule has 0 bridgehead atoms. The second-order valence-electron chi connectivity index (χ2n) is 2.60. The largest absolute Gasteiger partial charge is 0.324 e. The topological polar surface area (TPSA) is 34.9 Å². The van der Waals surface area contributed by atoms with Crippen LogP contribution in [-0.4, -0.2) is 21.9 Å². The van der Waals surface area contributed by atoms with Crippen molar-refractivity contribution in [1.29, 1.82) is 0 Å². The number of nitrogens with zero attached hydrogens (tertiary/aromatic N) is 2. The van der Waals surface area contributed by atoms with Crippen LogP contribution in [0.3, 0.4) is 0 Å². The molecule has 7 heteroatoms. The Kier molecular flexibility index (Phi) is 2.87. The number of aromatic nitrogens is 2. The lowest BCUT2D eigenvalue weighted by atomic mass is 10.3. The van der Waals surface area contributed by atoms with Gasteiger partial charge in [-0.1, -0.05) is 0 Å². The number of hydrogen-bond acceptors (Lipinski definition) is 2. The van der Waals surface area contributed by atoms with Crippen molar-refractivity contribution in [3.8, 4) is 0 Å². The number of hydrogen-bond donors (Lipinski definition) is 0. The zero-order valence-corrected chi connectivity index (χ0v) is 6.83. The second kappa shape index (κ2) is 3.77. The Morgan fingerprint density at radius 3 is 2.64 bits per heavy atom. The molecule has 0 N–H and O–H groups in total. The minimum Gasteiger partial charge on any atom is -0.306 e. The van der Waals surface area contributed by atoms with Crippen LogP contribution < -0.4 is 5.56 Å². The van der Waals surface area contributed by atoms with Crippen molar-refractivity contribution >= 4 is 0 Å². The van der Waals surface area contributed by atoms with Gasteiger partial charge in [0.2, 0.25) is 0 Å². The van der Waals surface area contributed by atoms with E-state index in [1.165, 1.54) is 0 Å². The second-order valence-corrected chi connectivity index (χ2v) is 2.60. The summed E-state index contributed by atoms with van der Waals surface area (Å²) in [4.78, 5) is 14.2. The first-order chi connectivity index (χ1) is 6.43. The third-order valence-corrected chi connectivity index (χ3v) is 1.50. The molecule has 0 atom stereocenters. The third kappa shape index (κ3) is 2.30. The van der Waals surface area contributed by atoms with E-state index in [4.69, 9.17) is 0 Å². The first kappa shape index (κ1) is 10.7. The van der Waals surface area contributed by atoms with E-state index < -0.39 is 24.5 Å². The molecule has 0 saturated heterocycles. The van der Waals surface area contributed by atoms with Crippen LogP contribution in [0.5, 0.6) is 0 Å². The summed E-state index contributed by atoms with van der Waals surface area (Å²) >= 11 is 0. The molecule has 0 saturated carbocycles. The van der Waals surface area contributed by atoms with Crippen molar-refractivity contribution < 1.29 is 17.6 Å². The molecule has 1 rings (SSSR count). The Hall–Kier alpha value is -1.40. The Labute approximate surface area is 76.0 Å². The van der Waals surface area contributed by atoms with Gasteiger partial charge >= 0.3 is 12.3 Å². The van der Waals surface area contributed by atoms with Crippen LogP contribution in [0, 0.1) is 0 Å². The highest BCUT2D eigenvalue weighted by molar-refractivity contribution is 4.83. The summed E-state index contributed by atoms with van der Waals surface area (Å²) < 4.78 is 48.9. The molecule has 0 aromatic carbocycles. The molecule has 0 aliphatic heterocycles. The highest BCUT2D eigenvalue weighted by Gasteiger charge is 2.41. The van der Waals surface area contributed by atoms with E-state index in [2.05, 4.69) is 4.98 Å². The molecule has 0 unspecified atom stereocenters. The Bertz CT molecular complexity index is 363. The smallest absolute Gasteiger partial charge is 0.306 e. The molecule has 0 radical (unpaired) electrons. The van der Waals surface area contributed by atoms with Gasteiger partial charge in [0, 0.05) is 12.4 Å². The molecule has 1 aromatic rings. The van der Waals surface area contributed by atoms with Crippen molar-refractivity contribution in [2.75, 3.05) is 0 Å². The molecule has 78 valence electrons. The molecular formula is C7H6F4N2O. The number of halogens is 4. The zero-order valence-electron chi connectivity index (χ0n) is 6.83. The minimum atomic E-state index is -4.20. The van der Waals surface area contributed by atoms with Crippen molar-refractivity contribution in [3.05, 3.63) is 28.9 Å². The van der Waals surface area contributed by atoms with Crippen LogP contribution in [-0.2, 0) is 6.54 Å². The maximum atomic E-state index is 12.5. The normalized spacial score (nSPS) is 12.1. The molecule has 14 heavy (non-hydrogen) atoms. The lowest BCUT2D eigenvalue weighted by Crippen LogP contribution is -2.36. The quantitative estimate of drug-likeness (QED) is 0.701. The van der Waals surface area contributed by atoms with Crippen molar-refractivity contribution in [2.45, 2.75) is 18.9 Å². The maximum Gasteiger partial charge on any atom is 0.324 e. The van der Waals surface area contributed by atoms with E-state index in [1.807, 2.05) is 0 Å². The third-order valence-electron chi connectivity index (χ3n) is 1.50. The Morgan fingerprint density at radius 1 is 1.50 bits per heavy atom. The van der Waals surface area contributed by atoms with Crippen LogP contribution in [0.2, 0.25) is 0 Å². The Balaban J connectivity index is 2.89. The van der Waals surface area contributed by atoms with Gasteiger partial charge in [-0.3, -0.25) is 9.78 Å². The van der Waals surface area contributed by atoms with E-state index in [1.54, 1.807) is 0 Å². The van der Waals surface area contributed by atoms with Gasteiger partial charge in [0.15, 0.2) is 0 Å². The molecule has 3 nitrogen and oxygen atoms in total. The van der Waals surface area contributed by atoms with Gasteiger partial charge in [0.25, 0.3) is 5.56 Å². The maximum absolute atomic E-state index is 12.5. The van der Waals surface area contributed by atoms with Gasteiger partial charge in [-0.25, -0.2) is 8.78 Å². The monoisotopic (exact) mass is 210 g/mol. The molecular weight excluding hydrogens is 204 g/mol. The van der Waals surface area contributed by atoms with Crippen molar-refractivity contribution in [3.63, 3.8) is 0 Å². The van der Waals surface area contributed by atoms with E-state index in [0.29, 0.717) is 4.57 Å². The fraction of sp³-hybridized carbons (Fsp3) is 0.429. The van der Waals surface area contributed by atoms with Crippen LogP contribution in [0.25, 0.3) is 0 Å². The first-order valence-electron chi connectivity index (χ1n) is 3.60. The van der Waals surface area contributed by atoms with Gasteiger partial charge in [-0.05, 0) is 0 Å². The fourth-order valence-electron chi connectivity index (χ4n) is 0.800. The highest BCUT2D eigenvalue weighted by Crippen LogP contribution is 2.23. The number of alkyl halides is 4. The van der Waals surface area contributed by atoms with Gasteiger partial charge in [-0.2, -0.15) is 8.78 Å². The van der Waals surface area contributed by atoms with E-state index in [9.17, 15) is 22.4 Å². The summed E-state index contributed by atoms with van der Waals surface area (Å²) in [6, 6.07) is 0. The molecule has 1 heterocycles. The SMILES string of the molecule is O=c1cnccn1CC(F)(F)C(F)F. The number of rotatable bonds is 3. The minimum absolute atomic E-state index is 0.485. The highest BCUT2D eigenvalue weighted by atomic mass is 19.3. The van der Waals surface area contributed by atoms with Gasteiger partial charge in [-0.15, -0.1) is 0 Å². The van der Waals surface area contributed by atoms with Crippen molar-refractivity contribution in [2.24, 2.45) is 0 Å². The molecule has 0 spiro atoms. The average Bonchev–Trinajstić information content (AvgIpc) is 2.08. The molecule has 0 amide bonds. The zero-order chi connectivity index (χ0) is 10.8. The molecule has 0 aliphatic rings. The summed E-state index contributed by atoms with van der Waals surface area (Å²) in [6.45, 7) is -1.34. The first-order valence-corrected chi connectivity index (χ1v) is 3.60.